The highest BCUT2D eigenvalue weighted by Crippen LogP contribution is 2.24. The van der Waals surface area contributed by atoms with E-state index in [2.05, 4.69) is 20.8 Å². The minimum Gasteiger partial charge on any atom is -0.493 e. The number of carbonyl (C=O) groups excluding carboxylic acids is 1. The standard InChI is InChI=1S/C20H30O3/c1-6-16-9-10-18(14-19(16)23-12-8-11-22-5)20(21)17(7-2)13-15(3)4/h7,9-10,14-15H,6,8,11-13H2,1-5H3/b17-7-. The molecule has 0 unspecified atom stereocenters. The van der Waals surface area contributed by atoms with Gasteiger partial charge >= 0.3 is 0 Å². The van der Waals surface area contributed by atoms with E-state index in [1.807, 2.05) is 31.2 Å². The Kier molecular flexibility index (Phi) is 8.64. The predicted octanol–water partition coefficient (Wildman–Crippen LogP) is 4.84. The minimum absolute atomic E-state index is 0.102. The van der Waals surface area contributed by atoms with Crippen LogP contribution < -0.4 is 4.74 Å². The van der Waals surface area contributed by atoms with Crippen LogP contribution in [0.25, 0.3) is 0 Å². The highest BCUT2D eigenvalue weighted by atomic mass is 16.5. The van der Waals surface area contributed by atoms with E-state index in [4.69, 9.17) is 9.47 Å². The van der Waals surface area contributed by atoms with E-state index in [0.29, 0.717) is 24.7 Å². The van der Waals surface area contributed by atoms with Crippen molar-refractivity contribution in [2.45, 2.75) is 47.0 Å². The maximum Gasteiger partial charge on any atom is 0.188 e. The number of methoxy groups -OCH3 is 1. The normalized spacial score (nSPS) is 11.8. The van der Waals surface area contributed by atoms with Gasteiger partial charge in [0.2, 0.25) is 0 Å². The number of Topliss-reactive ketones (excluding diaryl/α,β-unsaturated/α-hetero) is 1. The Morgan fingerprint density at radius 1 is 1.26 bits per heavy atom. The second-order valence-electron chi connectivity index (χ2n) is 6.11. The first-order valence-corrected chi connectivity index (χ1v) is 8.48. The van der Waals surface area contributed by atoms with Crippen molar-refractivity contribution in [2.24, 2.45) is 5.92 Å². The van der Waals surface area contributed by atoms with Gasteiger partial charge < -0.3 is 9.47 Å². The summed E-state index contributed by atoms with van der Waals surface area (Å²) in [5.41, 5.74) is 2.71. The van der Waals surface area contributed by atoms with Crippen LogP contribution in [0.15, 0.2) is 29.8 Å². The number of carbonyl (C=O) groups is 1. The molecular formula is C20H30O3. The Morgan fingerprint density at radius 2 is 2.00 bits per heavy atom. The van der Waals surface area contributed by atoms with Gasteiger partial charge in [0.15, 0.2) is 5.78 Å². The Labute approximate surface area is 140 Å². The maximum atomic E-state index is 12.7. The van der Waals surface area contributed by atoms with Crippen LogP contribution in [0, 0.1) is 5.92 Å². The molecule has 1 aromatic rings. The van der Waals surface area contributed by atoms with E-state index in [-0.39, 0.29) is 5.78 Å². The summed E-state index contributed by atoms with van der Waals surface area (Å²) in [4.78, 5) is 12.7. The third kappa shape index (κ3) is 6.19. The molecule has 0 radical (unpaired) electrons. The fourth-order valence-electron chi connectivity index (χ4n) is 2.47. The minimum atomic E-state index is 0.102. The van der Waals surface area contributed by atoms with Gasteiger partial charge in [0.1, 0.15) is 5.75 Å². The van der Waals surface area contributed by atoms with Crippen molar-refractivity contribution < 1.29 is 14.3 Å². The summed E-state index contributed by atoms with van der Waals surface area (Å²) in [6, 6.07) is 5.80. The lowest BCUT2D eigenvalue weighted by atomic mass is 9.94. The van der Waals surface area contributed by atoms with Gasteiger partial charge in [-0.05, 0) is 42.9 Å². The summed E-state index contributed by atoms with van der Waals surface area (Å²) < 4.78 is 10.9. The van der Waals surface area contributed by atoms with Gasteiger partial charge in [0.25, 0.3) is 0 Å². The molecule has 1 rings (SSSR count). The van der Waals surface area contributed by atoms with Crippen LogP contribution in [0.3, 0.4) is 0 Å². The summed E-state index contributed by atoms with van der Waals surface area (Å²) >= 11 is 0. The van der Waals surface area contributed by atoms with Crippen molar-refractivity contribution in [3.63, 3.8) is 0 Å². The van der Waals surface area contributed by atoms with Gasteiger partial charge in [-0.2, -0.15) is 0 Å². The monoisotopic (exact) mass is 318 g/mol. The summed E-state index contributed by atoms with van der Waals surface area (Å²) in [6.45, 7) is 9.55. The Balaban J connectivity index is 2.92. The van der Waals surface area contributed by atoms with E-state index in [9.17, 15) is 4.79 Å². The summed E-state index contributed by atoms with van der Waals surface area (Å²) in [5, 5.41) is 0. The van der Waals surface area contributed by atoms with E-state index in [0.717, 1.165) is 36.1 Å². The van der Waals surface area contributed by atoms with Gasteiger partial charge in [-0.1, -0.05) is 39.0 Å². The summed E-state index contributed by atoms with van der Waals surface area (Å²) in [5.74, 6) is 1.38. The predicted molar refractivity (Wildman–Crippen MR) is 95.4 cm³/mol. The number of rotatable bonds is 10. The molecule has 3 nitrogen and oxygen atoms in total. The van der Waals surface area contributed by atoms with Crippen LogP contribution >= 0.6 is 0 Å². The molecule has 3 heteroatoms. The first-order valence-electron chi connectivity index (χ1n) is 8.48. The highest BCUT2D eigenvalue weighted by Gasteiger charge is 2.15. The second-order valence-corrected chi connectivity index (χ2v) is 6.11. The molecule has 0 aromatic heterocycles. The SMILES string of the molecule is C/C=C(/CC(C)C)C(=O)c1ccc(CC)c(OCCCOC)c1. The molecule has 0 heterocycles. The molecule has 0 atom stereocenters. The second kappa shape index (κ2) is 10.2. The Hall–Kier alpha value is -1.61. The number of benzene rings is 1. The van der Waals surface area contributed by atoms with Crippen LogP contribution in [0.5, 0.6) is 5.75 Å². The zero-order chi connectivity index (χ0) is 17.2. The van der Waals surface area contributed by atoms with E-state index >= 15 is 0 Å². The Morgan fingerprint density at radius 3 is 2.57 bits per heavy atom. The molecule has 0 spiro atoms. The van der Waals surface area contributed by atoms with Crippen molar-refractivity contribution in [2.75, 3.05) is 20.3 Å². The van der Waals surface area contributed by atoms with Gasteiger partial charge in [-0.25, -0.2) is 0 Å². The molecule has 0 bridgehead atoms. The molecule has 0 aliphatic rings. The average Bonchev–Trinajstić information content (AvgIpc) is 2.55. The molecule has 0 aliphatic heterocycles. The highest BCUT2D eigenvalue weighted by molar-refractivity contribution is 6.08. The molecule has 0 saturated heterocycles. The third-order valence-corrected chi connectivity index (χ3v) is 3.73. The van der Waals surface area contributed by atoms with Crippen molar-refractivity contribution >= 4 is 5.78 Å². The quantitative estimate of drug-likeness (QED) is 0.352. The lowest BCUT2D eigenvalue weighted by molar-refractivity contribution is 0.102. The molecule has 1 aromatic carbocycles. The van der Waals surface area contributed by atoms with Crippen LogP contribution in [-0.4, -0.2) is 26.1 Å². The lowest BCUT2D eigenvalue weighted by Crippen LogP contribution is -2.08. The molecule has 0 fully saturated rings. The first kappa shape index (κ1) is 19.4. The van der Waals surface area contributed by atoms with Crippen LogP contribution in [-0.2, 0) is 11.2 Å². The molecule has 0 aliphatic carbocycles. The third-order valence-electron chi connectivity index (χ3n) is 3.73. The van der Waals surface area contributed by atoms with E-state index < -0.39 is 0 Å². The fourth-order valence-corrected chi connectivity index (χ4v) is 2.47. The van der Waals surface area contributed by atoms with Gasteiger partial charge in [-0.15, -0.1) is 0 Å². The van der Waals surface area contributed by atoms with Crippen molar-refractivity contribution in [1.29, 1.82) is 0 Å². The van der Waals surface area contributed by atoms with Crippen molar-refractivity contribution in [3.05, 3.63) is 41.0 Å². The molecular weight excluding hydrogens is 288 g/mol. The molecule has 23 heavy (non-hydrogen) atoms. The van der Waals surface area contributed by atoms with Crippen molar-refractivity contribution in [3.8, 4) is 5.75 Å². The molecule has 0 N–H and O–H groups in total. The lowest BCUT2D eigenvalue weighted by Gasteiger charge is -2.14. The number of ether oxygens (including phenoxy) is 2. The molecule has 128 valence electrons. The van der Waals surface area contributed by atoms with Crippen LogP contribution in [0.1, 0.15) is 56.5 Å². The van der Waals surface area contributed by atoms with Crippen LogP contribution in [0.2, 0.25) is 0 Å². The van der Waals surface area contributed by atoms with E-state index in [1.165, 1.54) is 0 Å². The number of allylic oxidation sites excluding steroid dienone is 2. The number of ketones is 1. The van der Waals surface area contributed by atoms with Gasteiger partial charge in [0.05, 0.1) is 6.61 Å². The average molecular weight is 318 g/mol. The summed E-state index contributed by atoms with van der Waals surface area (Å²) in [7, 11) is 1.68. The first-order chi connectivity index (χ1) is 11.0. The van der Waals surface area contributed by atoms with Gasteiger partial charge in [-0.3, -0.25) is 4.79 Å². The van der Waals surface area contributed by atoms with Gasteiger partial charge in [0, 0.05) is 25.7 Å². The number of hydrogen-bond acceptors (Lipinski definition) is 3. The smallest absolute Gasteiger partial charge is 0.188 e. The molecule has 0 saturated carbocycles. The maximum absolute atomic E-state index is 12.7. The number of aryl methyl sites for hydroxylation is 1. The topological polar surface area (TPSA) is 35.5 Å². The van der Waals surface area contributed by atoms with E-state index in [1.54, 1.807) is 7.11 Å². The largest absolute Gasteiger partial charge is 0.493 e. The molecule has 0 amide bonds. The Bertz CT molecular complexity index is 530. The van der Waals surface area contributed by atoms with Crippen molar-refractivity contribution in [1.82, 2.24) is 0 Å². The summed E-state index contributed by atoms with van der Waals surface area (Å²) in [6.07, 6.45) is 4.45. The fraction of sp³-hybridized carbons (Fsp3) is 0.550. The number of hydrogen-bond donors (Lipinski definition) is 0. The van der Waals surface area contributed by atoms with Crippen LogP contribution in [0.4, 0.5) is 0 Å². The zero-order valence-electron chi connectivity index (χ0n) is 15.1. The zero-order valence-corrected chi connectivity index (χ0v) is 15.1.